The summed E-state index contributed by atoms with van der Waals surface area (Å²) in [5, 5.41) is 3.85. The highest BCUT2D eigenvalue weighted by Gasteiger charge is 2.15. The average Bonchev–Trinajstić information content (AvgIpc) is 2.91. The molecule has 0 unspecified atom stereocenters. The summed E-state index contributed by atoms with van der Waals surface area (Å²) >= 11 is 7.83. The fourth-order valence-electron chi connectivity index (χ4n) is 1.76. The summed E-state index contributed by atoms with van der Waals surface area (Å²) in [7, 11) is 0. The number of carbonyl (C=O) groups is 1. The van der Waals surface area contributed by atoms with Gasteiger partial charge in [-0.05, 0) is 18.2 Å². The van der Waals surface area contributed by atoms with Crippen molar-refractivity contribution < 1.29 is 9.21 Å². The lowest BCUT2D eigenvalue weighted by molar-refractivity contribution is 0.102. The van der Waals surface area contributed by atoms with E-state index >= 15 is 0 Å². The molecule has 2 aromatic rings. The predicted octanol–water partition coefficient (Wildman–Crippen LogP) is 4.57. The van der Waals surface area contributed by atoms with Crippen molar-refractivity contribution >= 4 is 47.4 Å². The molecule has 22 heavy (non-hydrogen) atoms. The number of halogens is 2. The third-order valence-electron chi connectivity index (χ3n) is 2.69. The van der Waals surface area contributed by atoms with Gasteiger partial charge in [0.1, 0.15) is 12.0 Å². The zero-order valence-corrected chi connectivity index (χ0v) is 14.6. The number of hydrogen-bond donors (Lipinski definition) is 2. The first-order valence-corrected chi connectivity index (χ1v) is 7.81. The number of thioether (sulfide) groups is 1. The van der Waals surface area contributed by atoms with Gasteiger partial charge in [0.05, 0.1) is 22.8 Å². The smallest absolute Gasteiger partial charge is 0.258 e. The van der Waals surface area contributed by atoms with Crippen LogP contribution in [0.15, 0.2) is 39.8 Å². The molecule has 2 rings (SSSR count). The largest absolute Gasteiger partial charge is 0.467 e. The molecule has 0 radical (unpaired) electrons. The second kappa shape index (κ2) is 8.48. The van der Waals surface area contributed by atoms with E-state index in [0.717, 1.165) is 4.90 Å². The zero-order chi connectivity index (χ0) is 15.4. The molecule has 0 aliphatic heterocycles. The Morgan fingerprint density at radius 2 is 2.18 bits per heavy atom. The summed E-state index contributed by atoms with van der Waals surface area (Å²) in [5.74, 6) is 0.328. The highest BCUT2D eigenvalue weighted by molar-refractivity contribution is 8.00. The maximum atomic E-state index is 12.2. The Bertz CT molecular complexity index is 644. The van der Waals surface area contributed by atoms with Gasteiger partial charge in [0.15, 0.2) is 0 Å². The third kappa shape index (κ3) is 4.68. The summed E-state index contributed by atoms with van der Waals surface area (Å²) < 4.78 is 5.17. The van der Waals surface area contributed by atoms with Crippen molar-refractivity contribution in [1.29, 1.82) is 0 Å². The van der Waals surface area contributed by atoms with Crippen LogP contribution in [0.4, 0.5) is 5.69 Å². The SMILES string of the molecule is CC(C)Sc1c(Cl)cccc1NC(=O)c1coc(CN)c1.Cl. The number of anilines is 1. The van der Waals surface area contributed by atoms with Crippen LogP contribution in [-0.2, 0) is 6.54 Å². The van der Waals surface area contributed by atoms with Gasteiger partial charge in [-0.15, -0.1) is 24.2 Å². The Morgan fingerprint density at radius 1 is 1.45 bits per heavy atom. The molecule has 1 heterocycles. The fraction of sp³-hybridized carbons (Fsp3) is 0.267. The fourth-order valence-corrected chi connectivity index (χ4v) is 2.97. The Kier molecular flexibility index (Phi) is 7.29. The number of benzene rings is 1. The minimum absolute atomic E-state index is 0. The molecule has 0 bridgehead atoms. The molecule has 1 amide bonds. The molecule has 120 valence electrons. The van der Waals surface area contributed by atoms with E-state index in [0.29, 0.717) is 27.3 Å². The van der Waals surface area contributed by atoms with Crippen LogP contribution in [0.25, 0.3) is 0 Å². The Morgan fingerprint density at radius 3 is 2.77 bits per heavy atom. The standard InChI is InChI=1S/C15H17ClN2O2S.ClH/c1-9(2)21-14-12(16)4-3-5-13(14)18-15(19)10-6-11(7-17)20-8-10;/h3-6,8-9H,7,17H2,1-2H3,(H,18,19);1H. The molecular weight excluding hydrogens is 343 g/mol. The molecule has 0 saturated heterocycles. The van der Waals surface area contributed by atoms with Crippen LogP contribution in [0.2, 0.25) is 5.02 Å². The van der Waals surface area contributed by atoms with Gasteiger partial charge in [-0.1, -0.05) is 31.5 Å². The van der Waals surface area contributed by atoms with Gasteiger partial charge < -0.3 is 15.5 Å². The van der Waals surface area contributed by atoms with E-state index in [1.54, 1.807) is 17.8 Å². The zero-order valence-electron chi connectivity index (χ0n) is 12.3. The van der Waals surface area contributed by atoms with Crippen LogP contribution < -0.4 is 11.1 Å². The Hall–Kier alpha value is -1.14. The Labute approximate surface area is 145 Å². The lowest BCUT2D eigenvalue weighted by Crippen LogP contribution is -2.12. The number of amides is 1. The van der Waals surface area contributed by atoms with Crippen LogP contribution in [0, 0.1) is 0 Å². The number of nitrogens with two attached hydrogens (primary N) is 1. The molecule has 4 nitrogen and oxygen atoms in total. The first kappa shape index (κ1) is 18.9. The highest BCUT2D eigenvalue weighted by atomic mass is 35.5. The number of hydrogen-bond acceptors (Lipinski definition) is 4. The van der Waals surface area contributed by atoms with Crippen molar-refractivity contribution in [2.45, 2.75) is 30.5 Å². The van der Waals surface area contributed by atoms with Crippen LogP contribution in [-0.4, -0.2) is 11.2 Å². The lowest BCUT2D eigenvalue weighted by atomic mass is 10.2. The van der Waals surface area contributed by atoms with Crippen molar-refractivity contribution in [3.63, 3.8) is 0 Å². The van der Waals surface area contributed by atoms with Gasteiger partial charge in [-0.2, -0.15) is 0 Å². The van der Waals surface area contributed by atoms with Gasteiger partial charge in [0.2, 0.25) is 0 Å². The van der Waals surface area contributed by atoms with Crippen molar-refractivity contribution in [1.82, 2.24) is 0 Å². The molecule has 0 atom stereocenters. The molecule has 1 aromatic heterocycles. The van der Waals surface area contributed by atoms with E-state index in [1.807, 2.05) is 18.2 Å². The second-order valence-electron chi connectivity index (χ2n) is 4.74. The molecule has 1 aromatic carbocycles. The molecule has 0 aliphatic carbocycles. The second-order valence-corrected chi connectivity index (χ2v) is 6.74. The number of nitrogens with one attached hydrogen (secondary N) is 1. The van der Waals surface area contributed by atoms with E-state index in [2.05, 4.69) is 19.2 Å². The number of rotatable bonds is 5. The van der Waals surface area contributed by atoms with Crippen molar-refractivity contribution in [2.24, 2.45) is 5.73 Å². The lowest BCUT2D eigenvalue weighted by Gasteiger charge is -2.13. The topological polar surface area (TPSA) is 68.3 Å². The summed E-state index contributed by atoms with van der Waals surface area (Å²) in [6.45, 7) is 4.41. The molecule has 0 spiro atoms. The molecule has 3 N–H and O–H groups in total. The van der Waals surface area contributed by atoms with Gasteiger partial charge in [0.25, 0.3) is 5.91 Å². The third-order valence-corrected chi connectivity index (χ3v) is 4.26. The van der Waals surface area contributed by atoms with Crippen LogP contribution in [0.1, 0.15) is 30.0 Å². The van der Waals surface area contributed by atoms with Gasteiger partial charge in [-0.25, -0.2) is 0 Å². The maximum Gasteiger partial charge on any atom is 0.258 e. The first-order valence-electron chi connectivity index (χ1n) is 6.55. The molecule has 7 heteroatoms. The van der Waals surface area contributed by atoms with E-state index in [-0.39, 0.29) is 24.9 Å². The summed E-state index contributed by atoms with van der Waals surface area (Å²) in [6.07, 6.45) is 1.40. The predicted molar refractivity (Wildman–Crippen MR) is 94.2 cm³/mol. The van der Waals surface area contributed by atoms with E-state index in [9.17, 15) is 4.79 Å². The molecule has 0 aliphatic rings. The van der Waals surface area contributed by atoms with E-state index in [1.165, 1.54) is 6.26 Å². The monoisotopic (exact) mass is 360 g/mol. The van der Waals surface area contributed by atoms with Gasteiger partial charge in [-0.3, -0.25) is 4.79 Å². The van der Waals surface area contributed by atoms with Crippen LogP contribution >= 0.6 is 35.8 Å². The quantitative estimate of drug-likeness (QED) is 0.766. The number of furan rings is 1. The highest BCUT2D eigenvalue weighted by Crippen LogP contribution is 2.36. The molecular formula is C15H18Cl2N2O2S. The molecule has 0 fully saturated rings. The van der Waals surface area contributed by atoms with Gasteiger partial charge in [0, 0.05) is 10.1 Å². The van der Waals surface area contributed by atoms with E-state index < -0.39 is 0 Å². The summed E-state index contributed by atoms with van der Waals surface area (Å²) in [4.78, 5) is 13.1. The normalized spacial score (nSPS) is 10.4. The first-order chi connectivity index (χ1) is 10.0. The number of carbonyl (C=O) groups excluding carboxylic acids is 1. The minimum Gasteiger partial charge on any atom is -0.467 e. The Balaban J connectivity index is 0.00000242. The molecule has 0 saturated carbocycles. The van der Waals surface area contributed by atoms with E-state index in [4.69, 9.17) is 21.8 Å². The van der Waals surface area contributed by atoms with Crippen molar-refractivity contribution in [3.05, 3.63) is 46.9 Å². The van der Waals surface area contributed by atoms with Crippen LogP contribution in [0.3, 0.4) is 0 Å². The summed E-state index contributed by atoms with van der Waals surface area (Å²) in [5.41, 5.74) is 6.61. The summed E-state index contributed by atoms with van der Waals surface area (Å²) in [6, 6.07) is 7.09. The van der Waals surface area contributed by atoms with Gasteiger partial charge >= 0.3 is 0 Å². The minimum atomic E-state index is -0.244. The van der Waals surface area contributed by atoms with Crippen molar-refractivity contribution in [3.8, 4) is 0 Å². The van der Waals surface area contributed by atoms with Crippen LogP contribution in [0.5, 0.6) is 0 Å². The maximum absolute atomic E-state index is 12.2. The average molecular weight is 361 g/mol. The van der Waals surface area contributed by atoms with Crippen molar-refractivity contribution in [2.75, 3.05) is 5.32 Å².